The zero-order chi connectivity index (χ0) is 14.4. The third-order valence-electron chi connectivity index (χ3n) is 2.23. The van der Waals surface area contributed by atoms with E-state index >= 15 is 0 Å². The molecule has 0 radical (unpaired) electrons. The second-order valence-electron chi connectivity index (χ2n) is 3.50. The summed E-state index contributed by atoms with van der Waals surface area (Å²) in [5.74, 6) is -0.585. The van der Waals surface area contributed by atoms with Gasteiger partial charge in [-0.25, -0.2) is 4.79 Å². The van der Waals surface area contributed by atoms with E-state index in [1.807, 2.05) is 0 Å². The fourth-order valence-corrected chi connectivity index (χ4v) is 1.92. The molecular weight excluding hydrogens is 320 g/mol. The van der Waals surface area contributed by atoms with Gasteiger partial charge in [0.15, 0.2) is 17.3 Å². The van der Waals surface area contributed by atoms with E-state index in [9.17, 15) is 9.59 Å². The minimum absolute atomic E-state index is 0.319. The van der Waals surface area contributed by atoms with Crippen LogP contribution in [0.25, 0.3) is 0 Å². The highest BCUT2D eigenvalue weighted by Gasteiger charge is 2.16. The number of hydrogen-bond donors (Lipinski definition) is 1. The van der Waals surface area contributed by atoms with Crippen LogP contribution in [-0.4, -0.2) is 44.3 Å². The van der Waals surface area contributed by atoms with Gasteiger partial charge >= 0.3 is 5.97 Å². The second kappa shape index (κ2) is 7.10. The summed E-state index contributed by atoms with van der Waals surface area (Å²) in [5, 5.41) is 8.42. The lowest BCUT2D eigenvalue weighted by atomic mass is 10.1. The number of Topliss-reactive ketones (excluding diaryl/α,β-unsaturated/α-hetero) is 1. The largest absolute Gasteiger partial charge is 0.493 e. The van der Waals surface area contributed by atoms with Crippen molar-refractivity contribution in [2.75, 3.05) is 27.4 Å². The lowest BCUT2D eigenvalue weighted by molar-refractivity contribution is -0.141. The van der Waals surface area contributed by atoms with Crippen LogP contribution in [0.2, 0.25) is 0 Å². The number of methoxy groups -OCH3 is 2. The zero-order valence-corrected chi connectivity index (χ0v) is 12.0. The van der Waals surface area contributed by atoms with Crippen LogP contribution >= 0.6 is 15.9 Å². The number of carbonyl (C=O) groups excluding carboxylic acids is 1. The van der Waals surface area contributed by atoms with Crippen molar-refractivity contribution in [3.05, 3.63) is 22.2 Å². The van der Waals surface area contributed by atoms with Gasteiger partial charge in [0.25, 0.3) is 0 Å². The van der Waals surface area contributed by atoms with Gasteiger partial charge in [-0.1, -0.05) is 0 Å². The van der Waals surface area contributed by atoms with Crippen LogP contribution < -0.4 is 9.47 Å². The lowest BCUT2D eigenvalue weighted by Gasteiger charge is -2.11. The molecule has 0 aliphatic heterocycles. The molecule has 0 heterocycles. The van der Waals surface area contributed by atoms with Gasteiger partial charge in [0.05, 0.1) is 14.2 Å². The third kappa shape index (κ3) is 4.22. The third-order valence-corrected chi connectivity index (χ3v) is 2.89. The number of hydrogen-bond acceptors (Lipinski definition) is 5. The Kier molecular flexibility index (Phi) is 5.78. The molecule has 0 aliphatic carbocycles. The van der Waals surface area contributed by atoms with E-state index in [2.05, 4.69) is 15.9 Å². The lowest BCUT2D eigenvalue weighted by Crippen LogP contribution is -2.15. The van der Waals surface area contributed by atoms with Crippen LogP contribution in [0.4, 0.5) is 0 Å². The molecule has 104 valence electrons. The minimum Gasteiger partial charge on any atom is -0.493 e. The summed E-state index contributed by atoms with van der Waals surface area (Å²) in [5.41, 5.74) is 0.336. The van der Waals surface area contributed by atoms with Gasteiger partial charge in [0.2, 0.25) is 0 Å². The number of carboxylic acids is 1. The molecule has 0 aliphatic rings. The van der Waals surface area contributed by atoms with E-state index in [1.165, 1.54) is 20.3 Å². The number of rotatable bonds is 7. The van der Waals surface area contributed by atoms with Crippen molar-refractivity contribution in [3.63, 3.8) is 0 Å². The van der Waals surface area contributed by atoms with Gasteiger partial charge in [-0.05, 0) is 28.1 Å². The van der Waals surface area contributed by atoms with Gasteiger partial charge in [0, 0.05) is 10.0 Å². The van der Waals surface area contributed by atoms with Gasteiger partial charge in [-0.2, -0.15) is 0 Å². The smallest absolute Gasteiger partial charge is 0.329 e. The molecule has 1 N–H and O–H groups in total. The Labute approximate surface area is 118 Å². The van der Waals surface area contributed by atoms with E-state index in [0.717, 1.165) is 0 Å². The highest BCUT2D eigenvalue weighted by molar-refractivity contribution is 9.10. The number of aliphatic carboxylic acids is 1. The molecule has 0 saturated heterocycles. The molecule has 0 fully saturated rings. The first-order valence-corrected chi connectivity index (χ1v) is 6.03. The molecule has 1 rings (SSSR count). The molecule has 0 bridgehead atoms. The molecule has 1 aromatic rings. The van der Waals surface area contributed by atoms with E-state index in [-0.39, 0.29) is 12.4 Å². The molecular formula is C12H13BrO6. The molecule has 0 aromatic heterocycles. The predicted molar refractivity (Wildman–Crippen MR) is 70.0 cm³/mol. The van der Waals surface area contributed by atoms with E-state index in [1.54, 1.807) is 6.07 Å². The topological polar surface area (TPSA) is 82.1 Å². The Morgan fingerprint density at radius 2 is 1.74 bits per heavy atom. The van der Waals surface area contributed by atoms with E-state index in [4.69, 9.17) is 19.3 Å². The normalized spacial score (nSPS) is 10.1. The number of benzene rings is 1. The van der Waals surface area contributed by atoms with Crippen molar-refractivity contribution in [1.29, 1.82) is 0 Å². The molecule has 6 nitrogen and oxygen atoms in total. The van der Waals surface area contributed by atoms with Crippen LogP contribution in [0.1, 0.15) is 10.4 Å². The number of ketones is 1. The van der Waals surface area contributed by atoms with Gasteiger partial charge in [0.1, 0.15) is 13.2 Å². The van der Waals surface area contributed by atoms with Crippen molar-refractivity contribution in [2.45, 2.75) is 0 Å². The molecule has 19 heavy (non-hydrogen) atoms. The Morgan fingerprint density at radius 3 is 2.26 bits per heavy atom. The van der Waals surface area contributed by atoms with Crippen LogP contribution in [0.3, 0.4) is 0 Å². The molecule has 0 unspecified atom stereocenters. The Hall–Kier alpha value is -1.60. The summed E-state index contributed by atoms with van der Waals surface area (Å²) in [7, 11) is 2.95. The van der Waals surface area contributed by atoms with E-state index < -0.39 is 12.6 Å². The average Bonchev–Trinajstić information content (AvgIpc) is 2.37. The summed E-state index contributed by atoms with van der Waals surface area (Å²) in [6.07, 6.45) is 0. The maximum atomic E-state index is 11.9. The van der Waals surface area contributed by atoms with E-state index in [0.29, 0.717) is 21.5 Å². The summed E-state index contributed by atoms with van der Waals surface area (Å²) in [4.78, 5) is 22.2. The monoisotopic (exact) mass is 332 g/mol. The minimum atomic E-state index is -1.13. The van der Waals surface area contributed by atoms with Crippen LogP contribution in [-0.2, 0) is 9.53 Å². The van der Waals surface area contributed by atoms with Crippen molar-refractivity contribution in [1.82, 2.24) is 0 Å². The number of carbonyl (C=O) groups is 2. The molecule has 0 saturated carbocycles. The van der Waals surface area contributed by atoms with Crippen molar-refractivity contribution in [3.8, 4) is 11.5 Å². The van der Waals surface area contributed by atoms with Crippen LogP contribution in [0.15, 0.2) is 16.6 Å². The molecule has 0 amide bonds. The first-order valence-electron chi connectivity index (χ1n) is 5.23. The van der Waals surface area contributed by atoms with Crippen LogP contribution in [0.5, 0.6) is 11.5 Å². The highest BCUT2D eigenvalue weighted by Crippen LogP contribution is 2.33. The maximum Gasteiger partial charge on any atom is 0.329 e. The number of halogens is 1. The first-order chi connectivity index (χ1) is 8.99. The first kappa shape index (κ1) is 15.5. The van der Waals surface area contributed by atoms with Crippen LogP contribution in [0, 0.1) is 0 Å². The summed E-state index contributed by atoms with van der Waals surface area (Å²) >= 11 is 3.24. The van der Waals surface area contributed by atoms with Crippen molar-refractivity contribution >= 4 is 27.7 Å². The maximum absolute atomic E-state index is 11.9. The second-order valence-corrected chi connectivity index (χ2v) is 4.35. The highest BCUT2D eigenvalue weighted by atomic mass is 79.9. The Bertz CT molecular complexity index is 485. The molecule has 0 atom stereocenters. The summed E-state index contributed by atoms with van der Waals surface area (Å²) in [6.45, 7) is -0.836. The summed E-state index contributed by atoms with van der Waals surface area (Å²) < 4.78 is 15.5. The Morgan fingerprint density at radius 1 is 1.16 bits per heavy atom. The van der Waals surface area contributed by atoms with Crippen molar-refractivity contribution in [2.24, 2.45) is 0 Å². The quantitative estimate of drug-likeness (QED) is 0.766. The summed E-state index contributed by atoms with van der Waals surface area (Å²) in [6, 6.07) is 3.11. The molecule has 0 spiro atoms. The van der Waals surface area contributed by atoms with Gasteiger partial charge in [-0.15, -0.1) is 0 Å². The predicted octanol–water partition coefficient (Wildman–Crippen LogP) is 1.75. The fourth-order valence-electron chi connectivity index (χ4n) is 1.38. The SMILES string of the molecule is COc1cc(Br)c(C(=O)COCC(=O)O)cc1OC. The van der Waals surface area contributed by atoms with Crippen molar-refractivity contribution < 1.29 is 28.9 Å². The van der Waals surface area contributed by atoms with Gasteiger partial charge in [-0.3, -0.25) is 4.79 Å². The average molecular weight is 333 g/mol. The molecule has 7 heteroatoms. The fraction of sp³-hybridized carbons (Fsp3) is 0.333. The Balaban J connectivity index is 2.87. The zero-order valence-electron chi connectivity index (χ0n) is 10.4. The molecule has 1 aromatic carbocycles. The van der Waals surface area contributed by atoms with Gasteiger partial charge < -0.3 is 19.3 Å². The number of ether oxygens (including phenoxy) is 3. The standard InChI is InChI=1S/C12H13BrO6/c1-17-10-3-7(8(13)4-11(10)18-2)9(14)5-19-6-12(15)16/h3-4H,5-6H2,1-2H3,(H,15,16). The number of carboxylic acid groups (broad SMARTS) is 1.